The lowest BCUT2D eigenvalue weighted by Gasteiger charge is -2.17. The van der Waals surface area contributed by atoms with Crippen LogP contribution in [0.15, 0.2) is 48.7 Å². The van der Waals surface area contributed by atoms with Crippen LogP contribution in [0.25, 0.3) is 0 Å². The summed E-state index contributed by atoms with van der Waals surface area (Å²) in [4.78, 5) is 23.0. The summed E-state index contributed by atoms with van der Waals surface area (Å²) in [6.07, 6.45) is 7.00. The molecular weight excluding hydrogens is 204 g/mol. The summed E-state index contributed by atoms with van der Waals surface area (Å²) < 4.78 is 0. The SMILES string of the molecule is C=C/C=C\C(=C)/C=C(\C=O)N(CC)C(N)=O. The van der Waals surface area contributed by atoms with E-state index in [-0.39, 0.29) is 5.70 Å². The van der Waals surface area contributed by atoms with Gasteiger partial charge in [-0.15, -0.1) is 0 Å². The van der Waals surface area contributed by atoms with Crippen molar-refractivity contribution in [2.75, 3.05) is 6.54 Å². The highest BCUT2D eigenvalue weighted by Gasteiger charge is 2.11. The van der Waals surface area contributed by atoms with Gasteiger partial charge in [0.05, 0.1) is 5.70 Å². The molecule has 86 valence electrons. The van der Waals surface area contributed by atoms with Crippen LogP contribution in [0.5, 0.6) is 0 Å². The van der Waals surface area contributed by atoms with Crippen molar-refractivity contribution in [2.45, 2.75) is 6.92 Å². The normalized spacial score (nSPS) is 11.2. The third kappa shape index (κ3) is 4.41. The van der Waals surface area contributed by atoms with Crippen molar-refractivity contribution in [1.82, 2.24) is 4.90 Å². The van der Waals surface area contributed by atoms with Gasteiger partial charge in [0.15, 0.2) is 6.29 Å². The number of allylic oxidation sites excluding steroid dienone is 6. The lowest BCUT2D eigenvalue weighted by molar-refractivity contribution is -0.105. The van der Waals surface area contributed by atoms with Gasteiger partial charge in [-0.3, -0.25) is 9.69 Å². The molecule has 0 rings (SSSR count). The zero-order valence-corrected chi connectivity index (χ0v) is 9.35. The van der Waals surface area contributed by atoms with E-state index in [1.54, 1.807) is 25.2 Å². The smallest absolute Gasteiger partial charge is 0.319 e. The molecule has 0 bridgehead atoms. The van der Waals surface area contributed by atoms with Crippen molar-refractivity contribution in [2.24, 2.45) is 5.73 Å². The van der Waals surface area contributed by atoms with E-state index in [0.29, 0.717) is 18.4 Å². The number of likely N-dealkylation sites (N-methyl/N-ethyl adjacent to an activating group) is 1. The molecule has 2 N–H and O–H groups in total. The molecule has 2 amide bonds. The zero-order valence-electron chi connectivity index (χ0n) is 9.35. The minimum Gasteiger partial charge on any atom is -0.351 e. The van der Waals surface area contributed by atoms with Crippen molar-refractivity contribution >= 4 is 12.3 Å². The number of hydrogen-bond acceptors (Lipinski definition) is 2. The van der Waals surface area contributed by atoms with Gasteiger partial charge in [0.2, 0.25) is 0 Å². The topological polar surface area (TPSA) is 63.4 Å². The first-order valence-electron chi connectivity index (χ1n) is 4.78. The Morgan fingerprint density at radius 3 is 2.50 bits per heavy atom. The van der Waals surface area contributed by atoms with Crippen molar-refractivity contribution in [3.8, 4) is 0 Å². The predicted octanol–water partition coefficient (Wildman–Crippen LogP) is 1.77. The molecule has 0 aliphatic carbocycles. The number of rotatable bonds is 6. The van der Waals surface area contributed by atoms with Crippen molar-refractivity contribution in [3.63, 3.8) is 0 Å². The van der Waals surface area contributed by atoms with Crippen LogP contribution in [0.1, 0.15) is 6.92 Å². The Morgan fingerprint density at radius 1 is 1.50 bits per heavy atom. The second-order valence-electron chi connectivity index (χ2n) is 2.94. The number of nitrogens with zero attached hydrogens (tertiary/aromatic N) is 1. The molecule has 0 atom stereocenters. The van der Waals surface area contributed by atoms with Crippen LogP contribution < -0.4 is 5.73 Å². The number of nitrogens with two attached hydrogens (primary N) is 1. The van der Waals surface area contributed by atoms with E-state index in [1.165, 1.54) is 11.0 Å². The van der Waals surface area contributed by atoms with Crippen LogP contribution in [-0.4, -0.2) is 23.8 Å². The number of amides is 2. The molecular formula is C12H16N2O2. The summed E-state index contributed by atoms with van der Waals surface area (Å²) in [5.74, 6) is 0. The number of hydrogen-bond donors (Lipinski definition) is 1. The number of carbonyl (C=O) groups excluding carboxylic acids is 2. The number of carbonyl (C=O) groups is 2. The predicted molar refractivity (Wildman–Crippen MR) is 64.6 cm³/mol. The summed E-state index contributed by atoms with van der Waals surface area (Å²) in [5.41, 5.74) is 5.90. The lowest BCUT2D eigenvalue weighted by atomic mass is 10.2. The van der Waals surface area contributed by atoms with Crippen LogP contribution in [0.3, 0.4) is 0 Å². The van der Waals surface area contributed by atoms with E-state index in [2.05, 4.69) is 13.2 Å². The zero-order chi connectivity index (χ0) is 12.6. The summed E-state index contributed by atoms with van der Waals surface area (Å²) in [5, 5.41) is 0. The van der Waals surface area contributed by atoms with E-state index in [1.807, 2.05) is 0 Å². The van der Waals surface area contributed by atoms with E-state index in [9.17, 15) is 9.59 Å². The molecule has 0 fully saturated rings. The fourth-order valence-electron chi connectivity index (χ4n) is 1.07. The fraction of sp³-hybridized carbons (Fsp3) is 0.167. The van der Waals surface area contributed by atoms with Crippen molar-refractivity contribution < 1.29 is 9.59 Å². The minimum atomic E-state index is -0.665. The van der Waals surface area contributed by atoms with E-state index in [4.69, 9.17) is 5.73 Å². The molecule has 0 radical (unpaired) electrons. The van der Waals surface area contributed by atoms with Gasteiger partial charge in [-0.1, -0.05) is 31.4 Å². The number of urea groups is 1. The van der Waals surface area contributed by atoms with E-state index in [0.717, 1.165) is 0 Å². The van der Waals surface area contributed by atoms with Crippen molar-refractivity contribution in [3.05, 3.63) is 48.7 Å². The first-order valence-corrected chi connectivity index (χ1v) is 4.78. The fourth-order valence-corrected chi connectivity index (χ4v) is 1.07. The molecule has 0 aliphatic heterocycles. The standard InChI is InChI=1S/C12H16N2O2/c1-4-6-7-10(3)8-11(9-15)14(5-2)12(13)16/h4,6-9H,1,3,5H2,2H3,(H2,13,16)/b7-6-,11-8+. The second kappa shape index (κ2) is 7.23. The number of primary amides is 1. The van der Waals surface area contributed by atoms with Crippen LogP contribution in [-0.2, 0) is 4.79 Å². The van der Waals surface area contributed by atoms with Crippen LogP contribution in [0, 0.1) is 0 Å². The quantitative estimate of drug-likeness (QED) is 0.421. The Hall–Kier alpha value is -2.10. The highest BCUT2D eigenvalue weighted by Crippen LogP contribution is 2.06. The maximum absolute atomic E-state index is 11.0. The minimum absolute atomic E-state index is 0.189. The molecule has 16 heavy (non-hydrogen) atoms. The van der Waals surface area contributed by atoms with Gasteiger partial charge in [0.25, 0.3) is 0 Å². The van der Waals surface area contributed by atoms with E-state index < -0.39 is 6.03 Å². The van der Waals surface area contributed by atoms with Gasteiger partial charge in [0, 0.05) is 6.54 Å². The first kappa shape index (κ1) is 13.9. The summed E-state index contributed by atoms with van der Waals surface area (Å²) >= 11 is 0. The molecule has 0 aromatic rings. The van der Waals surface area contributed by atoms with Gasteiger partial charge in [-0.25, -0.2) is 4.79 Å². The van der Waals surface area contributed by atoms with Gasteiger partial charge < -0.3 is 5.73 Å². The van der Waals surface area contributed by atoms with Crippen molar-refractivity contribution in [1.29, 1.82) is 0 Å². The highest BCUT2D eigenvalue weighted by molar-refractivity contribution is 5.84. The highest BCUT2D eigenvalue weighted by atomic mass is 16.2. The van der Waals surface area contributed by atoms with Gasteiger partial charge >= 0.3 is 6.03 Å². The molecule has 4 nitrogen and oxygen atoms in total. The molecule has 0 aromatic heterocycles. The van der Waals surface area contributed by atoms with Gasteiger partial charge in [-0.2, -0.15) is 0 Å². The average molecular weight is 220 g/mol. The summed E-state index contributed by atoms with van der Waals surface area (Å²) in [6, 6.07) is -0.665. The third-order valence-electron chi connectivity index (χ3n) is 1.79. The van der Waals surface area contributed by atoms with Crippen LogP contribution in [0.2, 0.25) is 0 Å². The average Bonchev–Trinajstić information content (AvgIpc) is 2.25. The molecule has 0 spiro atoms. The van der Waals surface area contributed by atoms with Gasteiger partial charge in [-0.05, 0) is 18.6 Å². The van der Waals surface area contributed by atoms with Gasteiger partial charge in [0.1, 0.15) is 0 Å². The summed E-state index contributed by atoms with van der Waals surface area (Å²) in [6.45, 7) is 9.27. The van der Waals surface area contributed by atoms with E-state index >= 15 is 0 Å². The Morgan fingerprint density at radius 2 is 2.12 bits per heavy atom. The molecule has 0 unspecified atom stereocenters. The third-order valence-corrected chi connectivity index (χ3v) is 1.79. The van der Waals surface area contributed by atoms with Crippen LogP contribution >= 0.6 is 0 Å². The molecule has 4 heteroatoms. The maximum Gasteiger partial charge on any atom is 0.319 e. The number of aldehydes is 1. The Kier molecular flexibility index (Phi) is 6.28. The first-order chi connectivity index (χ1) is 7.56. The molecule has 0 aromatic carbocycles. The maximum atomic E-state index is 11.0. The molecule has 0 heterocycles. The Labute approximate surface area is 95.4 Å². The monoisotopic (exact) mass is 220 g/mol. The largest absolute Gasteiger partial charge is 0.351 e. The molecule has 0 saturated carbocycles. The molecule has 0 saturated heterocycles. The summed E-state index contributed by atoms with van der Waals surface area (Å²) in [7, 11) is 0. The Bertz CT molecular complexity index is 354. The Balaban J connectivity index is 4.96. The molecule has 0 aliphatic rings. The lowest BCUT2D eigenvalue weighted by Crippen LogP contribution is -2.35. The van der Waals surface area contributed by atoms with Crippen LogP contribution in [0.4, 0.5) is 4.79 Å². The second-order valence-corrected chi connectivity index (χ2v) is 2.94.